The summed E-state index contributed by atoms with van der Waals surface area (Å²) in [5, 5.41) is 0.988. The molecule has 0 amide bonds. The topological polar surface area (TPSA) is 62.0 Å². The maximum absolute atomic E-state index is 13.2. The van der Waals surface area contributed by atoms with E-state index in [2.05, 4.69) is 9.71 Å². The van der Waals surface area contributed by atoms with E-state index < -0.39 is 10.0 Å². The van der Waals surface area contributed by atoms with E-state index in [0.717, 1.165) is 35.0 Å². The number of nitrogens with one attached hydrogen (secondary N) is 2. The maximum Gasteiger partial charge on any atom is 0.211 e. The highest BCUT2D eigenvalue weighted by atomic mass is 32.2. The molecule has 0 saturated carbocycles. The molecule has 1 aliphatic carbocycles. The molecule has 1 aliphatic rings. The molecule has 6 heteroatoms. The van der Waals surface area contributed by atoms with Gasteiger partial charge in [0.2, 0.25) is 10.0 Å². The summed E-state index contributed by atoms with van der Waals surface area (Å²) in [4.78, 5) is 3.24. The van der Waals surface area contributed by atoms with E-state index in [1.807, 2.05) is 0 Å². The van der Waals surface area contributed by atoms with Crippen molar-refractivity contribution in [3.8, 4) is 0 Å². The van der Waals surface area contributed by atoms with Crippen LogP contribution in [0, 0.1) is 5.82 Å². The fourth-order valence-electron chi connectivity index (χ4n) is 2.84. The Kier molecular flexibility index (Phi) is 3.30. The van der Waals surface area contributed by atoms with Crippen molar-refractivity contribution in [3.63, 3.8) is 0 Å². The van der Waals surface area contributed by atoms with Crippen LogP contribution < -0.4 is 4.72 Å². The van der Waals surface area contributed by atoms with Gasteiger partial charge in [-0.25, -0.2) is 17.5 Å². The minimum absolute atomic E-state index is 0.0727. The van der Waals surface area contributed by atoms with Crippen molar-refractivity contribution in [1.82, 2.24) is 9.71 Å². The van der Waals surface area contributed by atoms with Crippen molar-refractivity contribution in [3.05, 3.63) is 35.3 Å². The predicted molar refractivity (Wildman–Crippen MR) is 76.7 cm³/mol. The van der Waals surface area contributed by atoms with E-state index in [1.165, 1.54) is 12.1 Å². The molecule has 108 valence electrons. The third-order valence-electron chi connectivity index (χ3n) is 3.88. The van der Waals surface area contributed by atoms with Gasteiger partial charge in [-0.05, 0) is 49.9 Å². The Balaban J connectivity index is 1.92. The molecule has 0 saturated heterocycles. The van der Waals surface area contributed by atoms with Gasteiger partial charge in [-0.15, -0.1) is 0 Å². The third kappa shape index (κ3) is 2.45. The van der Waals surface area contributed by atoms with Crippen molar-refractivity contribution < 1.29 is 12.8 Å². The smallest absolute Gasteiger partial charge is 0.211 e. The largest absolute Gasteiger partial charge is 0.358 e. The zero-order valence-electron chi connectivity index (χ0n) is 11.2. The summed E-state index contributed by atoms with van der Waals surface area (Å²) in [6, 6.07) is 4.61. The number of rotatable bonds is 3. The third-order valence-corrected chi connectivity index (χ3v) is 5.33. The van der Waals surface area contributed by atoms with Crippen molar-refractivity contribution in [2.75, 3.05) is 5.75 Å². The summed E-state index contributed by atoms with van der Waals surface area (Å²) in [6.45, 7) is 1.63. The number of fused-ring (bicyclic) bond motifs is 3. The molecule has 1 aromatic heterocycles. The van der Waals surface area contributed by atoms with E-state index in [1.54, 1.807) is 13.0 Å². The van der Waals surface area contributed by atoms with Gasteiger partial charge < -0.3 is 4.98 Å². The van der Waals surface area contributed by atoms with Gasteiger partial charge in [-0.3, -0.25) is 0 Å². The summed E-state index contributed by atoms with van der Waals surface area (Å²) in [5.41, 5.74) is 2.99. The van der Waals surface area contributed by atoms with Gasteiger partial charge in [0.15, 0.2) is 0 Å². The Labute approximate surface area is 117 Å². The number of H-pyrrole nitrogens is 1. The molecule has 2 N–H and O–H groups in total. The molecule has 1 unspecified atom stereocenters. The first-order valence-electron chi connectivity index (χ1n) is 6.77. The maximum atomic E-state index is 13.2. The Bertz CT molecular complexity index is 752. The van der Waals surface area contributed by atoms with Gasteiger partial charge in [-0.1, -0.05) is 0 Å². The highest BCUT2D eigenvalue weighted by molar-refractivity contribution is 7.89. The van der Waals surface area contributed by atoms with Crippen LogP contribution in [0.4, 0.5) is 4.39 Å². The highest BCUT2D eigenvalue weighted by Crippen LogP contribution is 2.29. The number of benzene rings is 1. The molecule has 2 aromatic rings. The van der Waals surface area contributed by atoms with Crippen molar-refractivity contribution in [2.24, 2.45) is 0 Å². The number of halogens is 1. The van der Waals surface area contributed by atoms with Gasteiger partial charge in [0.05, 0.1) is 5.75 Å². The number of hydrogen-bond donors (Lipinski definition) is 2. The zero-order valence-corrected chi connectivity index (χ0v) is 12.1. The highest BCUT2D eigenvalue weighted by Gasteiger charge is 2.25. The van der Waals surface area contributed by atoms with Crippen molar-refractivity contribution in [2.45, 2.75) is 32.2 Å². The van der Waals surface area contributed by atoms with Gasteiger partial charge in [0, 0.05) is 22.6 Å². The number of sulfonamides is 1. The first kappa shape index (κ1) is 13.6. The SMILES string of the molecule is CCS(=O)(=O)NC1CCc2[nH]c3cc(F)ccc3c2C1. The van der Waals surface area contributed by atoms with Crippen LogP contribution in [0.5, 0.6) is 0 Å². The molecule has 1 heterocycles. The lowest BCUT2D eigenvalue weighted by atomic mass is 9.92. The molecule has 20 heavy (non-hydrogen) atoms. The second-order valence-electron chi connectivity index (χ2n) is 5.23. The summed E-state index contributed by atoms with van der Waals surface area (Å²) in [6.07, 6.45) is 2.20. The van der Waals surface area contributed by atoms with E-state index in [9.17, 15) is 12.8 Å². The molecule has 1 atom stereocenters. The molecule has 0 radical (unpaired) electrons. The minimum atomic E-state index is -3.18. The summed E-state index contributed by atoms with van der Waals surface area (Å²) in [5.74, 6) is -0.172. The van der Waals surface area contributed by atoms with E-state index in [4.69, 9.17) is 0 Å². The number of aryl methyl sites for hydroxylation is 1. The Morgan fingerprint density at radius 2 is 2.25 bits per heavy atom. The minimum Gasteiger partial charge on any atom is -0.358 e. The van der Waals surface area contributed by atoms with Crippen LogP contribution in [0.3, 0.4) is 0 Å². The second-order valence-corrected chi connectivity index (χ2v) is 7.28. The number of aromatic nitrogens is 1. The Morgan fingerprint density at radius 3 is 3.00 bits per heavy atom. The summed E-state index contributed by atoms with van der Waals surface area (Å²) >= 11 is 0. The molecule has 0 bridgehead atoms. The lowest BCUT2D eigenvalue weighted by Crippen LogP contribution is -2.39. The normalized spacial score (nSPS) is 19.2. The van der Waals surface area contributed by atoms with Crippen LogP contribution in [0.2, 0.25) is 0 Å². The van der Waals surface area contributed by atoms with Crippen LogP contribution in [0.15, 0.2) is 18.2 Å². The van der Waals surface area contributed by atoms with Crippen LogP contribution in [-0.4, -0.2) is 25.2 Å². The quantitative estimate of drug-likeness (QED) is 0.911. The Hall–Kier alpha value is -1.40. The molecule has 0 aliphatic heterocycles. The van der Waals surface area contributed by atoms with E-state index in [-0.39, 0.29) is 17.6 Å². The molecular weight excluding hydrogens is 279 g/mol. The van der Waals surface area contributed by atoms with E-state index >= 15 is 0 Å². The van der Waals surface area contributed by atoms with Crippen LogP contribution >= 0.6 is 0 Å². The lowest BCUT2D eigenvalue weighted by Gasteiger charge is -2.23. The summed E-state index contributed by atoms with van der Waals surface area (Å²) < 4.78 is 39.3. The first-order valence-corrected chi connectivity index (χ1v) is 8.42. The monoisotopic (exact) mass is 296 g/mol. The van der Waals surface area contributed by atoms with Crippen LogP contribution in [0.25, 0.3) is 10.9 Å². The van der Waals surface area contributed by atoms with Crippen molar-refractivity contribution in [1.29, 1.82) is 0 Å². The molecular formula is C14H17FN2O2S. The second kappa shape index (κ2) is 4.86. The Morgan fingerprint density at radius 1 is 1.45 bits per heavy atom. The van der Waals surface area contributed by atoms with Crippen molar-refractivity contribution >= 4 is 20.9 Å². The number of hydrogen-bond acceptors (Lipinski definition) is 2. The number of aromatic amines is 1. The van der Waals surface area contributed by atoms with Gasteiger partial charge in [-0.2, -0.15) is 0 Å². The average molecular weight is 296 g/mol. The fraction of sp³-hybridized carbons (Fsp3) is 0.429. The molecule has 0 fully saturated rings. The fourth-order valence-corrected chi connectivity index (χ4v) is 3.71. The average Bonchev–Trinajstić information content (AvgIpc) is 2.75. The standard InChI is InChI=1S/C14H17FN2O2S/c1-2-20(18,19)17-10-4-6-13-12(8-10)11-5-3-9(15)7-14(11)16-13/h3,5,7,10,16-17H,2,4,6,8H2,1H3. The molecule has 3 rings (SSSR count). The van der Waals surface area contributed by atoms with E-state index in [0.29, 0.717) is 6.42 Å². The van der Waals surface area contributed by atoms with Crippen LogP contribution in [0.1, 0.15) is 24.6 Å². The lowest BCUT2D eigenvalue weighted by molar-refractivity contribution is 0.507. The van der Waals surface area contributed by atoms with Gasteiger partial charge in [0.25, 0.3) is 0 Å². The molecule has 4 nitrogen and oxygen atoms in total. The van der Waals surface area contributed by atoms with Gasteiger partial charge >= 0.3 is 0 Å². The van der Waals surface area contributed by atoms with Gasteiger partial charge in [0.1, 0.15) is 5.82 Å². The van der Waals surface area contributed by atoms with Crippen LogP contribution in [-0.2, 0) is 22.9 Å². The molecule has 0 spiro atoms. The first-order chi connectivity index (χ1) is 9.48. The summed E-state index contributed by atoms with van der Waals surface area (Å²) in [7, 11) is -3.18. The predicted octanol–water partition coefficient (Wildman–Crippen LogP) is 2.10. The molecule has 1 aromatic carbocycles. The zero-order chi connectivity index (χ0) is 14.3.